The van der Waals surface area contributed by atoms with Crippen molar-refractivity contribution in [2.24, 2.45) is 5.73 Å². The van der Waals surface area contributed by atoms with Crippen LogP contribution in [0.1, 0.15) is 42.0 Å². The Morgan fingerprint density at radius 2 is 1.81 bits per heavy atom. The van der Waals surface area contributed by atoms with Gasteiger partial charge in [-0.15, -0.1) is 0 Å². The van der Waals surface area contributed by atoms with Crippen LogP contribution >= 0.6 is 0 Å². The number of fused-ring (bicyclic) bond motifs is 1. The first-order valence-electron chi connectivity index (χ1n) is 7.64. The summed E-state index contributed by atoms with van der Waals surface area (Å²) < 4.78 is 0. The molecule has 0 unspecified atom stereocenters. The van der Waals surface area contributed by atoms with Gasteiger partial charge < -0.3 is 5.73 Å². The Kier molecular flexibility index (Phi) is 2.67. The fraction of sp³-hybridized carbons (Fsp3) is 0.316. The van der Waals surface area contributed by atoms with Crippen molar-refractivity contribution in [3.63, 3.8) is 0 Å². The molecule has 0 aliphatic heterocycles. The van der Waals surface area contributed by atoms with Gasteiger partial charge in [-0.05, 0) is 53.5 Å². The van der Waals surface area contributed by atoms with Crippen LogP contribution in [0.5, 0.6) is 0 Å². The highest BCUT2D eigenvalue weighted by Gasteiger charge is 2.46. The minimum absolute atomic E-state index is 0.165. The summed E-state index contributed by atoms with van der Waals surface area (Å²) in [5.41, 5.74) is 12.3. The summed E-state index contributed by atoms with van der Waals surface area (Å²) >= 11 is 0. The average molecular weight is 274 g/mol. The van der Waals surface area contributed by atoms with Crippen molar-refractivity contribution >= 4 is 0 Å². The number of benzene rings is 2. The van der Waals surface area contributed by atoms with Crippen molar-refractivity contribution in [3.05, 3.63) is 59.2 Å². The number of nitrogens with two attached hydrogens (primary N) is 1. The molecule has 104 valence electrons. The van der Waals surface area contributed by atoms with Gasteiger partial charge in [-0.25, -0.2) is 0 Å². The predicted molar refractivity (Wildman–Crippen MR) is 83.7 cm³/mol. The van der Waals surface area contributed by atoms with Crippen molar-refractivity contribution in [1.82, 2.24) is 0 Å². The first-order chi connectivity index (χ1) is 10.2. The van der Waals surface area contributed by atoms with Gasteiger partial charge in [-0.3, -0.25) is 0 Å². The second-order valence-electron chi connectivity index (χ2n) is 6.26. The maximum Gasteiger partial charge on any atom is 0.0829 e. The molecule has 2 aliphatic rings. The SMILES string of the molecule is N#CC1(c2ccccc2-c2cccc3c2CC[C@H]3N)CC1. The Morgan fingerprint density at radius 3 is 2.57 bits per heavy atom. The molecule has 2 nitrogen and oxygen atoms in total. The van der Waals surface area contributed by atoms with Gasteiger partial charge in [0.25, 0.3) is 0 Å². The molecule has 1 saturated carbocycles. The van der Waals surface area contributed by atoms with Gasteiger partial charge in [0.2, 0.25) is 0 Å². The Balaban J connectivity index is 1.92. The second kappa shape index (κ2) is 4.44. The zero-order chi connectivity index (χ0) is 14.4. The predicted octanol–water partition coefficient (Wildman–Crippen LogP) is 3.85. The van der Waals surface area contributed by atoms with Crippen LogP contribution in [0.3, 0.4) is 0 Å². The Morgan fingerprint density at radius 1 is 1.05 bits per heavy atom. The standard InChI is InChI=1S/C19H18N2/c20-12-19(10-11-19)17-7-2-1-4-15(17)13-5-3-6-16-14(13)8-9-18(16)21/h1-7,18H,8-11,21H2/t18-/m1/s1. The third-order valence-corrected chi connectivity index (χ3v) is 5.01. The lowest BCUT2D eigenvalue weighted by Gasteiger charge is -2.16. The Hall–Kier alpha value is -2.11. The summed E-state index contributed by atoms with van der Waals surface area (Å²) in [5, 5.41) is 9.55. The molecule has 0 radical (unpaired) electrons. The monoisotopic (exact) mass is 274 g/mol. The van der Waals surface area contributed by atoms with Gasteiger partial charge in [-0.2, -0.15) is 5.26 Å². The van der Waals surface area contributed by atoms with Gasteiger partial charge in [0.05, 0.1) is 11.5 Å². The molecule has 0 bridgehead atoms. The van der Waals surface area contributed by atoms with Crippen LogP contribution in [0.2, 0.25) is 0 Å². The molecule has 4 rings (SSSR count). The van der Waals surface area contributed by atoms with Crippen molar-refractivity contribution < 1.29 is 0 Å². The van der Waals surface area contributed by atoms with Gasteiger partial charge in [0, 0.05) is 6.04 Å². The number of hydrogen-bond donors (Lipinski definition) is 1. The van der Waals surface area contributed by atoms with E-state index in [0.29, 0.717) is 0 Å². The van der Waals surface area contributed by atoms with Gasteiger partial charge in [-0.1, -0.05) is 42.5 Å². The lowest BCUT2D eigenvalue weighted by molar-refractivity contribution is 0.713. The largest absolute Gasteiger partial charge is 0.324 e. The molecule has 0 spiro atoms. The number of rotatable bonds is 2. The summed E-state index contributed by atoms with van der Waals surface area (Å²) in [6.45, 7) is 0. The number of nitrogens with zero attached hydrogens (tertiary/aromatic N) is 1. The molecule has 2 N–H and O–H groups in total. The minimum atomic E-state index is -0.250. The zero-order valence-electron chi connectivity index (χ0n) is 12.0. The summed E-state index contributed by atoms with van der Waals surface area (Å²) in [5.74, 6) is 0. The van der Waals surface area contributed by atoms with E-state index < -0.39 is 0 Å². The van der Waals surface area contributed by atoms with E-state index >= 15 is 0 Å². The van der Waals surface area contributed by atoms with Crippen LogP contribution in [0.15, 0.2) is 42.5 Å². The van der Waals surface area contributed by atoms with Gasteiger partial charge in [0.1, 0.15) is 0 Å². The molecule has 0 heterocycles. The maximum absolute atomic E-state index is 9.55. The van der Waals surface area contributed by atoms with Crippen LogP contribution in [-0.4, -0.2) is 0 Å². The van der Waals surface area contributed by atoms with Crippen molar-refractivity contribution in [3.8, 4) is 17.2 Å². The molecule has 0 aromatic heterocycles. The lowest BCUT2D eigenvalue weighted by atomic mass is 9.86. The molecule has 2 aliphatic carbocycles. The summed E-state index contributed by atoms with van der Waals surface area (Å²) in [7, 11) is 0. The van der Waals surface area contributed by atoms with Crippen LogP contribution in [0.25, 0.3) is 11.1 Å². The molecule has 21 heavy (non-hydrogen) atoms. The van der Waals surface area contributed by atoms with E-state index in [-0.39, 0.29) is 11.5 Å². The van der Waals surface area contributed by atoms with Crippen LogP contribution in [0.4, 0.5) is 0 Å². The Labute approximate surface area is 125 Å². The van der Waals surface area contributed by atoms with E-state index in [4.69, 9.17) is 5.73 Å². The van der Waals surface area contributed by atoms with E-state index in [0.717, 1.165) is 25.7 Å². The highest BCUT2D eigenvalue weighted by atomic mass is 14.6. The van der Waals surface area contributed by atoms with Crippen molar-refractivity contribution in [1.29, 1.82) is 5.26 Å². The summed E-state index contributed by atoms with van der Waals surface area (Å²) in [6, 6.07) is 17.5. The Bertz CT molecular complexity index is 750. The smallest absolute Gasteiger partial charge is 0.0829 e. The highest BCUT2D eigenvalue weighted by molar-refractivity contribution is 5.75. The van der Waals surface area contributed by atoms with E-state index in [9.17, 15) is 5.26 Å². The number of hydrogen-bond acceptors (Lipinski definition) is 2. The molecule has 2 aromatic carbocycles. The normalized spacial score (nSPS) is 21.6. The first-order valence-corrected chi connectivity index (χ1v) is 7.64. The molecule has 0 saturated heterocycles. The van der Waals surface area contributed by atoms with E-state index in [2.05, 4.69) is 42.5 Å². The molecular formula is C19H18N2. The van der Waals surface area contributed by atoms with Crippen molar-refractivity contribution in [2.45, 2.75) is 37.1 Å². The first kappa shape index (κ1) is 12.6. The molecule has 0 amide bonds. The lowest BCUT2D eigenvalue weighted by Crippen LogP contribution is -2.06. The minimum Gasteiger partial charge on any atom is -0.324 e. The fourth-order valence-electron chi connectivity index (χ4n) is 3.64. The van der Waals surface area contributed by atoms with E-state index in [1.165, 1.54) is 27.8 Å². The van der Waals surface area contributed by atoms with Crippen LogP contribution in [0, 0.1) is 11.3 Å². The van der Waals surface area contributed by atoms with Crippen LogP contribution < -0.4 is 5.73 Å². The summed E-state index contributed by atoms with van der Waals surface area (Å²) in [4.78, 5) is 0. The quantitative estimate of drug-likeness (QED) is 0.904. The number of nitriles is 1. The average Bonchev–Trinajstić information content (AvgIpc) is 3.25. The molecule has 2 aromatic rings. The topological polar surface area (TPSA) is 49.8 Å². The third kappa shape index (κ3) is 1.81. The molecular weight excluding hydrogens is 256 g/mol. The second-order valence-corrected chi connectivity index (χ2v) is 6.26. The summed E-state index contributed by atoms with van der Waals surface area (Å²) in [6.07, 6.45) is 4.03. The zero-order valence-corrected chi connectivity index (χ0v) is 12.0. The molecule has 2 heteroatoms. The highest BCUT2D eigenvalue weighted by Crippen LogP contribution is 2.51. The fourth-order valence-corrected chi connectivity index (χ4v) is 3.64. The van der Waals surface area contributed by atoms with Crippen molar-refractivity contribution in [2.75, 3.05) is 0 Å². The molecule has 1 atom stereocenters. The van der Waals surface area contributed by atoms with Gasteiger partial charge >= 0.3 is 0 Å². The molecule has 1 fully saturated rings. The maximum atomic E-state index is 9.55. The van der Waals surface area contributed by atoms with Crippen LogP contribution in [-0.2, 0) is 11.8 Å². The van der Waals surface area contributed by atoms with E-state index in [1.807, 2.05) is 6.07 Å². The third-order valence-electron chi connectivity index (χ3n) is 5.01. The van der Waals surface area contributed by atoms with E-state index in [1.54, 1.807) is 0 Å². The van der Waals surface area contributed by atoms with Gasteiger partial charge in [0.15, 0.2) is 0 Å².